The van der Waals surface area contributed by atoms with E-state index in [9.17, 15) is 9.90 Å². The third-order valence-electron chi connectivity index (χ3n) is 4.59. The number of hydrogen-bond donors (Lipinski definition) is 1. The third-order valence-corrected chi connectivity index (χ3v) is 5.52. The van der Waals surface area contributed by atoms with E-state index in [0.29, 0.717) is 12.8 Å². The van der Waals surface area contributed by atoms with E-state index >= 15 is 0 Å². The van der Waals surface area contributed by atoms with Gasteiger partial charge >= 0.3 is 5.97 Å². The largest absolute Gasteiger partial charge is 0.481 e. The number of nitrogens with zero attached hydrogens (tertiary/aromatic N) is 2. The Morgan fingerprint density at radius 2 is 2.17 bits per heavy atom. The SMILES string of the molecule is CCc1ccc(C(c2cccs2)N2CCC(C(=O)O)CC2)nc1. The summed E-state index contributed by atoms with van der Waals surface area (Å²) in [5.74, 6) is -0.867. The van der Waals surface area contributed by atoms with Crippen LogP contribution in [-0.2, 0) is 11.2 Å². The lowest BCUT2D eigenvalue weighted by molar-refractivity contribution is -0.143. The lowest BCUT2D eigenvalue weighted by Gasteiger charge is -2.35. The summed E-state index contributed by atoms with van der Waals surface area (Å²) in [6.07, 6.45) is 4.37. The smallest absolute Gasteiger partial charge is 0.306 e. The van der Waals surface area contributed by atoms with Gasteiger partial charge in [-0.15, -0.1) is 11.3 Å². The first-order chi connectivity index (χ1) is 11.2. The molecule has 0 spiro atoms. The van der Waals surface area contributed by atoms with E-state index in [2.05, 4.69) is 46.5 Å². The summed E-state index contributed by atoms with van der Waals surface area (Å²) in [5.41, 5.74) is 2.29. The van der Waals surface area contributed by atoms with E-state index in [1.807, 2.05) is 6.20 Å². The van der Waals surface area contributed by atoms with Crippen LogP contribution in [0, 0.1) is 5.92 Å². The van der Waals surface area contributed by atoms with Crippen LogP contribution in [0.5, 0.6) is 0 Å². The predicted molar refractivity (Wildman–Crippen MR) is 91.7 cm³/mol. The van der Waals surface area contributed by atoms with Crippen LogP contribution >= 0.6 is 11.3 Å². The first kappa shape index (κ1) is 16.1. The second-order valence-corrected chi connectivity index (χ2v) is 6.99. The normalized spacial score (nSPS) is 18.0. The Balaban J connectivity index is 1.83. The van der Waals surface area contributed by atoms with E-state index in [0.717, 1.165) is 25.2 Å². The second kappa shape index (κ2) is 7.23. The van der Waals surface area contributed by atoms with Crippen LogP contribution in [0.3, 0.4) is 0 Å². The summed E-state index contributed by atoms with van der Waals surface area (Å²) in [7, 11) is 0. The minimum atomic E-state index is -0.664. The molecule has 1 atom stereocenters. The first-order valence-electron chi connectivity index (χ1n) is 8.14. The van der Waals surface area contributed by atoms with Crippen LogP contribution in [0.25, 0.3) is 0 Å². The van der Waals surface area contributed by atoms with Crippen LogP contribution in [-0.4, -0.2) is 34.0 Å². The zero-order valence-electron chi connectivity index (χ0n) is 13.3. The average molecular weight is 330 g/mol. The molecular formula is C18H22N2O2S. The number of aromatic nitrogens is 1. The highest BCUT2D eigenvalue weighted by Gasteiger charge is 2.31. The number of rotatable bonds is 5. The van der Waals surface area contributed by atoms with E-state index in [1.165, 1.54) is 10.4 Å². The van der Waals surface area contributed by atoms with Crippen molar-refractivity contribution in [2.24, 2.45) is 5.92 Å². The molecule has 1 saturated heterocycles. The number of carboxylic acid groups (broad SMARTS) is 1. The fourth-order valence-corrected chi connectivity index (χ4v) is 4.04. The quantitative estimate of drug-likeness (QED) is 0.910. The number of hydrogen-bond acceptors (Lipinski definition) is 4. The van der Waals surface area contributed by atoms with Crippen molar-refractivity contribution in [3.05, 3.63) is 52.0 Å². The molecule has 1 unspecified atom stereocenters. The molecule has 2 aromatic rings. The lowest BCUT2D eigenvalue weighted by Crippen LogP contribution is -2.39. The van der Waals surface area contributed by atoms with Gasteiger partial charge in [0.1, 0.15) is 0 Å². The number of thiophene rings is 1. The Morgan fingerprint density at radius 1 is 1.39 bits per heavy atom. The molecule has 1 aliphatic heterocycles. The van der Waals surface area contributed by atoms with Crippen LogP contribution in [0.1, 0.15) is 41.9 Å². The third kappa shape index (κ3) is 3.62. The topological polar surface area (TPSA) is 53.4 Å². The summed E-state index contributed by atoms with van der Waals surface area (Å²) in [6, 6.07) is 8.61. The zero-order valence-corrected chi connectivity index (χ0v) is 14.1. The molecule has 2 aromatic heterocycles. The minimum absolute atomic E-state index is 0.135. The summed E-state index contributed by atoms with van der Waals surface area (Å²) in [6.45, 7) is 3.73. The average Bonchev–Trinajstić information content (AvgIpc) is 3.10. The molecule has 0 aliphatic carbocycles. The van der Waals surface area contributed by atoms with E-state index in [1.54, 1.807) is 11.3 Å². The van der Waals surface area contributed by atoms with E-state index in [4.69, 9.17) is 0 Å². The van der Waals surface area contributed by atoms with Gasteiger partial charge in [0.25, 0.3) is 0 Å². The summed E-state index contributed by atoms with van der Waals surface area (Å²) in [4.78, 5) is 19.5. The Hall–Kier alpha value is -1.72. The van der Waals surface area contributed by atoms with Crippen molar-refractivity contribution in [3.63, 3.8) is 0 Å². The maximum Gasteiger partial charge on any atom is 0.306 e. The van der Waals surface area contributed by atoms with Crippen molar-refractivity contribution >= 4 is 17.3 Å². The molecule has 5 heteroatoms. The highest BCUT2D eigenvalue weighted by molar-refractivity contribution is 7.10. The van der Waals surface area contributed by atoms with Crippen molar-refractivity contribution < 1.29 is 9.90 Å². The number of carbonyl (C=O) groups is 1. The highest BCUT2D eigenvalue weighted by atomic mass is 32.1. The molecular weight excluding hydrogens is 308 g/mol. The number of piperidine rings is 1. The van der Waals surface area contributed by atoms with Crippen LogP contribution in [0.15, 0.2) is 35.8 Å². The van der Waals surface area contributed by atoms with Gasteiger partial charge in [-0.25, -0.2) is 0 Å². The first-order valence-corrected chi connectivity index (χ1v) is 9.02. The number of likely N-dealkylation sites (tertiary alicyclic amines) is 1. The number of aryl methyl sites for hydroxylation is 1. The molecule has 0 amide bonds. The van der Waals surface area contributed by atoms with Gasteiger partial charge in [-0.3, -0.25) is 14.7 Å². The Bertz CT molecular complexity index is 632. The summed E-state index contributed by atoms with van der Waals surface area (Å²) in [5, 5.41) is 11.3. The zero-order chi connectivity index (χ0) is 16.2. The number of aliphatic carboxylic acids is 1. The van der Waals surface area contributed by atoms with Gasteiger partial charge < -0.3 is 5.11 Å². The molecule has 4 nitrogen and oxygen atoms in total. The van der Waals surface area contributed by atoms with Gasteiger partial charge in [-0.1, -0.05) is 19.1 Å². The lowest BCUT2D eigenvalue weighted by atomic mass is 9.95. The fraction of sp³-hybridized carbons (Fsp3) is 0.444. The molecule has 0 saturated carbocycles. The van der Waals surface area contributed by atoms with Crippen molar-refractivity contribution in [1.82, 2.24) is 9.88 Å². The molecule has 23 heavy (non-hydrogen) atoms. The second-order valence-electron chi connectivity index (χ2n) is 6.01. The summed E-state index contributed by atoms with van der Waals surface area (Å²) >= 11 is 1.74. The standard InChI is InChI=1S/C18H22N2O2S/c1-2-13-5-6-15(19-12-13)17(16-4-3-11-23-16)20-9-7-14(8-10-20)18(21)22/h3-6,11-12,14,17H,2,7-10H2,1H3,(H,21,22). The Kier molecular flexibility index (Phi) is 5.08. The predicted octanol–water partition coefficient (Wildman–Crippen LogP) is 3.59. The van der Waals surface area contributed by atoms with Gasteiger partial charge in [0, 0.05) is 11.1 Å². The van der Waals surface area contributed by atoms with Crippen LogP contribution in [0.2, 0.25) is 0 Å². The van der Waals surface area contributed by atoms with E-state index in [-0.39, 0.29) is 12.0 Å². The van der Waals surface area contributed by atoms with Gasteiger partial charge in [-0.05, 0) is 55.4 Å². The molecule has 3 heterocycles. The molecule has 3 rings (SSSR count). The van der Waals surface area contributed by atoms with Gasteiger partial charge in [-0.2, -0.15) is 0 Å². The molecule has 1 fully saturated rings. The van der Waals surface area contributed by atoms with Crippen molar-refractivity contribution in [2.75, 3.05) is 13.1 Å². The summed E-state index contributed by atoms with van der Waals surface area (Å²) < 4.78 is 0. The monoisotopic (exact) mass is 330 g/mol. The van der Waals surface area contributed by atoms with Gasteiger partial charge in [0.2, 0.25) is 0 Å². The van der Waals surface area contributed by atoms with Crippen molar-refractivity contribution in [2.45, 2.75) is 32.2 Å². The molecule has 0 aromatic carbocycles. The van der Waals surface area contributed by atoms with Crippen molar-refractivity contribution in [3.8, 4) is 0 Å². The molecule has 0 bridgehead atoms. The molecule has 0 radical (unpaired) electrons. The fourth-order valence-electron chi connectivity index (χ4n) is 3.17. The van der Waals surface area contributed by atoms with E-state index < -0.39 is 5.97 Å². The Morgan fingerprint density at radius 3 is 2.70 bits per heavy atom. The maximum absolute atomic E-state index is 11.2. The van der Waals surface area contributed by atoms with Gasteiger partial charge in [0.15, 0.2) is 0 Å². The molecule has 1 aliphatic rings. The highest BCUT2D eigenvalue weighted by Crippen LogP contribution is 2.33. The molecule has 1 N–H and O–H groups in total. The van der Waals surface area contributed by atoms with Crippen molar-refractivity contribution in [1.29, 1.82) is 0 Å². The number of carboxylic acids is 1. The van der Waals surface area contributed by atoms with Gasteiger partial charge in [0.05, 0.1) is 17.7 Å². The van der Waals surface area contributed by atoms with Crippen LogP contribution < -0.4 is 0 Å². The van der Waals surface area contributed by atoms with Crippen LogP contribution in [0.4, 0.5) is 0 Å². The Labute approximate surface area is 140 Å². The minimum Gasteiger partial charge on any atom is -0.481 e. The maximum atomic E-state index is 11.2. The molecule has 122 valence electrons. The number of pyridine rings is 1.